The number of nitrogens with zero attached hydrogens (tertiary/aromatic N) is 1. The third kappa shape index (κ3) is 4.78. The molecule has 1 aromatic rings. The van der Waals surface area contributed by atoms with E-state index in [1.165, 1.54) is 12.8 Å². The first-order valence-corrected chi connectivity index (χ1v) is 12.8. The molecule has 2 rings (SSSR count). The molecule has 1 heterocycles. The van der Waals surface area contributed by atoms with Crippen molar-refractivity contribution in [2.45, 2.75) is 77.7 Å². The van der Waals surface area contributed by atoms with E-state index in [9.17, 15) is 0 Å². The van der Waals surface area contributed by atoms with Crippen LogP contribution in [0.4, 0.5) is 0 Å². The number of rotatable bonds is 9. The third-order valence-electron chi connectivity index (χ3n) is 6.11. The summed E-state index contributed by atoms with van der Waals surface area (Å²) in [6.07, 6.45) is 5.70. The Bertz CT molecular complexity index is 550. The van der Waals surface area contributed by atoms with Crippen LogP contribution in [-0.2, 0) is 4.43 Å². The van der Waals surface area contributed by atoms with Gasteiger partial charge >= 0.3 is 0 Å². The van der Waals surface area contributed by atoms with E-state index in [-0.39, 0.29) is 6.10 Å². The Labute approximate surface area is 164 Å². The molecule has 0 bridgehead atoms. The fourth-order valence-electron chi connectivity index (χ4n) is 3.73. The summed E-state index contributed by atoms with van der Waals surface area (Å²) in [5.74, 6) is 0. The van der Waals surface area contributed by atoms with E-state index in [0.29, 0.717) is 21.5 Å². The largest absolute Gasteiger partial charge is 0.409 e. The van der Waals surface area contributed by atoms with E-state index >= 15 is 0 Å². The summed E-state index contributed by atoms with van der Waals surface area (Å²) < 4.78 is 6.80. The molecule has 2 atom stereocenters. The van der Waals surface area contributed by atoms with E-state index in [1.807, 2.05) is 0 Å². The molecule has 0 amide bonds. The van der Waals surface area contributed by atoms with Crippen molar-refractivity contribution in [3.05, 3.63) is 28.0 Å². The van der Waals surface area contributed by atoms with Crippen LogP contribution in [0, 0.1) is 5.41 Å². The van der Waals surface area contributed by atoms with E-state index in [1.54, 1.807) is 12.4 Å². The lowest BCUT2D eigenvalue weighted by Gasteiger charge is -2.46. The van der Waals surface area contributed by atoms with Crippen molar-refractivity contribution in [2.24, 2.45) is 5.41 Å². The van der Waals surface area contributed by atoms with Crippen molar-refractivity contribution in [3.8, 4) is 0 Å². The topological polar surface area (TPSA) is 34.1 Å². The van der Waals surface area contributed by atoms with Crippen molar-refractivity contribution in [2.75, 3.05) is 6.54 Å². The zero-order valence-electron chi connectivity index (χ0n) is 16.2. The molecular weight excluding hydrogens is 371 g/mol. The monoisotopic (exact) mass is 402 g/mol. The van der Waals surface area contributed by atoms with Gasteiger partial charge in [0.05, 0.1) is 16.1 Å². The molecule has 2 unspecified atom stereocenters. The number of pyridine rings is 1. The highest BCUT2D eigenvalue weighted by Gasteiger charge is 2.39. The summed E-state index contributed by atoms with van der Waals surface area (Å²) in [7, 11) is -1.79. The van der Waals surface area contributed by atoms with Gasteiger partial charge in [0.1, 0.15) is 0 Å². The predicted molar refractivity (Wildman–Crippen MR) is 110 cm³/mol. The fourth-order valence-corrected chi connectivity index (χ4v) is 7.14. The van der Waals surface area contributed by atoms with Crippen molar-refractivity contribution < 1.29 is 4.43 Å². The molecule has 1 fully saturated rings. The molecule has 0 aliphatic heterocycles. The predicted octanol–water partition coefficient (Wildman–Crippen LogP) is 6.23. The molecule has 6 heteroatoms. The van der Waals surface area contributed by atoms with Crippen LogP contribution in [0.2, 0.25) is 28.2 Å². The highest BCUT2D eigenvalue weighted by Crippen LogP contribution is 2.41. The van der Waals surface area contributed by atoms with Crippen LogP contribution in [0.1, 0.15) is 59.1 Å². The molecule has 1 saturated carbocycles. The molecular formula is C19H32Cl2N2OSi. The second kappa shape index (κ2) is 8.70. The highest BCUT2D eigenvalue weighted by molar-refractivity contribution is 6.73. The second-order valence-electron chi connectivity index (χ2n) is 7.86. The normalized spacial score (nSPS) is 21.0. The smallest absolute Gasteiger partial charge is 0.192 e. The Hall–Kier alpha value is -0.133. The quantitative estimate of drug-likeness (QED) is 0.496. The average molecular weight is 403 g/mol. The standard InChI is InChI=1S/C19H32Cl2N2OSi/c1-6-25(7-2,8-3)24-16(13-23-17-9-10-19(17,4)5)18-14(20)11-22-12-15(18)21/h11-12,16-17,23H,6-10,13H2,1-5H3. The van der Waals surface area contributed by atoms with E-state index in [4.69, 9.17) is 27.6 Å². The van der Waals surface area contributed by atoms with Gasteiger partial charge in [0, 0.05) is 30.5 Å². The fraction of sp³-hybridized carbons (Fsp3) is 0.737. The summed E-state index contributed by atoms with van der Waals surface area (Å²) in [5, 5.41) is 4.91. The molecule has 25 heavy (non-hydrogen) atoms. The van der Waals surface area contributed by atoms with Gasteiger partial charge in [-0.3, -0.25) is 4.98 Å². The molecule has 142 valence electrons. The van der Waals surface area contributed by atoms with Crippen molar-refractivity contribution in [3.63, 3.8) is 0 Å². The minimum Gasteiger partial charge on any atom is -0.409 e. The van der Waals surface area contributed by atoms with Crippen LogP contribution < -0.4 is 5.32 Å². The maximum Gasteiger partial charge on any atom is 0.192 e. The van der Waals surface area contributed by atoms with Crippen molar-refractivity contribution >= 4 is 31.5 Å². The summed E-state index contributed by atoms with van der Waals surface area (Å²) in [6.45, 7) is 12.1. The molecule has 1 aromatic heterocycles. The van der Waals surface area contributed by atoms with Crippen LogP contribution in [-0.4, -0.2) is 25.9 Å². The molecule has 0 spiro atoms. The Morgan fingerprint density at radius 3 is 2.16 bits per heavy atom. The summed E-state index contributed by atoms with van der Waals surface area (Å²) in [5.41, 5.74) is 1.24. The van der Waals surface area contributed by atoms with E-state index < -0.39 is 8.32 Å². The zero-order valence-corrected chi connectivity index (χ0v) is 18.7. The number of hydrogen-bond acceptors (Lipinski definition) is 3. The molecule has 1 aliphatic rings. The molecule has 1 aliphatic carbocycles. The molecule has 3 nitrogen and oxygen atoms in total. The number of hydrogen-bond donors (Lipinski definition) is 1. The van der Waals surface area contributed by atoms with Gasteiger partial charge in [-0.2, -0.15) is 0 Å². The van der Waals surface area contributed by atoms with Crippen LogP contribution in [0.3, 0.4) is 0 Å². The Balaban J connectivity index is 2.25. The van der Waals surface area contributed by atoms with Gasteiger partial charge < -0.3 is 9.74 Å². The summed E-state index contributed by atoms with van der Waals surface area (Å²) >= 11 is 12.9. The lowest BCUT2D eigenvalue weighted by atomic mass is 9.67. The molecule has 0 aromatic carbocycles. The van der Waals surface area contributed by atoms with Crippen LogP contribution >= 0.6 is 23.2 Å². The maximum absolute atomic E-state index is 6.80. The lowest BCUT2D eigenvalue weighted by Crippen LogP contribution is -2.52. The first-order chi connectivity index (χ1) is 11.8. The van der Waals surface area contributed by atoms with E-state index in [0.717, 1.165) is 30.2 Å². The number of aromatic nitrogens is 1. The Kier molecular flexibility index (Phi) is 7.37. The average Bonchev–Trinajstić information content (AvgIpc) is 2.58. The van der Waals surface area contributed by atoms with Gasteiger partial charge in [-0.05, 0) is 36.4 Å². The molecule has 0 radical (unpaired) electrons. The lowest BCUT2D eigenvalue weighted by molar-refractivity contribution is 0.0901. The minimum absolute atomic E-state index is 0.120. The first-order valence-electron chi connectivity index (χ1n) is 9.48. The summed E-state index contributed by atoms with van der Waals surface area (Å²) in [4.78, 5) is 4.10. The Morgan fingerprint density at radius 1 is 1.20 bits per heavy atom. The second-order valence-corrected chi connectivity index (χ2v) is 13.4. The highest BCUT2D eigenvalue weighted by atomic mass is 35.5. The number of halogens is 2. The van der Waals surface area contributed by atoms with Gasteiger partial charge in [-0.1, -0.05) is 57.8 Å². The van der Waals surface area contributed by atoms with Gasteiger partial charge in [-0.25, -0.2) is 0 Å². The zero-order chi connectivity index (χ0) is 18.7. The van der Waals surface area contributed by atoms with Crippen molar-refractivity contribution in [1.29, 1.82) is 0 Å². The van der Waals surface area contributed by atoms with Gasteiger partial charge in [0.25, 0.3) is 0 Å². The minimum atomic E-state index is -1.79. The van der Waals surface area contributed by atoms with E-state index in [2.05, 4.69) is 44.9 Å². The Morgan fingerprint density at radius 2 is 1.76 bits per heavy atom. The number of nitrogens with one attached hydrogen (secondary N) is 1. The van der Waals surface area contributed by atoms with Crippen LogP contribution in [0.15, 0.2) is 12.4 Å². The van der Waals surface area contributed by atoms with Gasteiger partial charge in [0.15, 0.2) is 8.32 Å². The summed E-state index contributed by atoms with van der Waals surface area (Å²) in [6, 6.07) is 3.84. The van der Waals surface area contributed by atoms with Gasteiger partial charge in [0.2, 0.25) is 0 Å². The maximum atomic E-state index is 6.80. The third-order valence-corrected chi connectivity index (χ3v) is 11.4. The van der Waals surface area contributed by atoms with Crippen LogP contribution in [0.5, 0.6) is 0 Å². The van der Waals surface area contributed by atoms with Crippen molar-refractivity contribution in [1.82, 2.24) is 10.3 Å². The molecule has 0 saturated heterocycles. The van der Waals surface area contributed by atoms with Gasteiger partial charge in [-0.15, -0.1) is 0 Å². The molecule has 1 N–H and O–H groups in total. The SMILES string of the molecule is CC[Si](CC)(CC)OC(CNC1CCC1(C)C)c1c(Cl)cncc1Cl. The van der Waals surface area contributed by atoms with Crippen LogP contribution in [0.25, 0.3) is 0 Å². The first kappa shape index (κ1) is 21.2.